The highest BCUT2D eigenvalue weighted by atomic mass is 16.5. The minimum absolute atomic E-state index is 0.413. The second-order valence-corrected chi connectivity index (χ2v) is 8.49. The molecule has 3 rings (SSSR count). The molecule has 2 N–H and O–H groups in total. The van der Waals surface area contributed by atoms with E-state index in [9.17, 15) is 4.79 Å². The van der Waals surface area contributed by atoms with Crippen LogP contribution in [-0.4, -0.2) is 19.0 Å². The maximum atomic E-state index is 12.2. The van der Waals surface area contributed by atoms with Gasteiger partial charge in [-0.25, -0.2) is 0 Å². The van der Waals surface area contributed by atoms with Gasteiger partial charge in [-0.1, -0.05) is 55.3 Å². The van der Waals surface area contributed by atoms with Crippen LogP contribution in [0.1, 0.15) is 49.0 Å². The van der Waals surface area contributed by atoms with Crippen molar-refractivity contribution in [2.75, 3.05) is 18.0 Å². The average molecular weight is 419 g/mol. The van der Waals surface area contributed by atoms with Crippen molar-refractivity contribution in [3.05, 3.63) is 77.9 Å². The molecule has 1 aliphatic rings. The summed E-state index contributed by atoms with van der Waals surface area (Å²) in [5.74, 6) is 1.96. The number of amides is 1. The van der Waals surface area contributed by atoms with Crippen LogP contribution in [0.25, 0.3) is 0 Å². The van der Waals surface area contributed by atoms with E-state index in [4.69, 9.17) is 10.5 Å². The molecule has 164 valence electrons. The van der Waals surface area contributed by atoms with Crippen LogP contribution >= 0.6 is 0 Å². The van der Waals surface area contributed by atoms with Gasteiger partial charge in [-0.05, 0) is 68.9 Å². The Balaban J connectivity index is 1.76. The van der Waals surface area contributed by atoms with Crippen LogP contribution in [0, 0.1) is 18.8 Å². The van der Waals surface area contributed by atoms with Crippen molar-refractivity contribution >= 4 is 11.6 Å². The summed E-state index contributed by atoms with van der Waals surface area (Å²) < 4.78 is 5.96. The zero-order valence-electron chi connectivity index (χ0n) is 18.9. The molecule has 0 aromatic heterocycles. The van der Waals surface area contributed by atoms with Crippen molar-refractivity contribution in [3.63, 3.8) is 0 Å². The lowest BCUT2D eigenvalue weighted by atomic mass is 9.88. The van der Waals surface area contributed by atoms with E-state index >= 15 is 0 Å². The number of ether oxygens (including phenoxy) is 1. The Kier molecular flexibility index (Phi) is 7.56. The van der Waals surface area contributed by atoms with Crippen LogP contribution in [0.2, 0.25) is 0 Å². The first-order valence-corrected chi connectivity index (χ1v) is 11.1. The smallest absolute Gasteiger partial charge is 0.252 e. The van der Waals surface area contributed by atoms with Gasteiger partial charge < -0.3 is 15.4 Å². The van der Waals surface area contributed by atoms with Crippen molar-refractivity contribution in [2.45, 2.75) is 40.0 Å². The molecule has 31 heavy (non-hydrogen) atoms. The van der Waals surface area contributed by atoms with E-state index in [2.05, 4.69) is 24.5 Å². The van der Waals surface area contributed by atoms with Gasteiger partial charge >= 0.3 is 0 Å². The molecule has 1 fully saturated rings. The fourth-order valence-corrected chi connectivity index (χ4v) is 4.36. The van der Waals surface area contributed by atoms with E-state index < -0.39 is 5.91 Å². The van der Waals surface area contributed by atoms with E-state index in [1.807, 2.05) is 62.4 Å². The predicted molar refractivity (Wildman–Crippen MR) is 129 cm³/mol. The number of nitrogens with two attached hydrogens (primary N) is 1. The molecule has 0 spiro atoms. The zero-order chi connectivity index (χ0) is 22.4. The van der Waals surface area contributed by atoms with Gasteiger partial charge in [0, 0.05) is 18.8 Å². The number of aryl methyl sites for hydroxylation is 1. The summed E-state index contributed by atoms with van der Waals surface area (Å²) in [5.41, 5.74) is 9.47. The van der Waals surface area contributed by atoms with Gasteiger partial charge in [-0.15, -0.1) is 0 Å². The summed E-state index contributed by atoms with van der Waals surface area (Å²) in [6.07, 6.45) is 7.45. The lowest BCUT2D eigenvalue weighted by molar-refractivity contribution is 0.0998. The Labute approximate surface area is 186 Å². The van der Waals surface area contributed by atoms with Gasteiger partial charge in [-0.2, -0.15) is 0 Å². The normalized spacial score (nSPS) is 18.5. The summed E-state index contributed by atoms with van der Waals surface area (Å²) in [6, 6.07) is 13.5. The number of primary amides is 1. The van der Waals surface area contributed by atoms with Gasteiger partial charge in [-0.3, -0.25) is 4.79 Å². The lowest BCUT2D eigenvalue weighted by Gasteiger charge is -2.20. The maximum Gasteiger partial charge on any atom is 0.252 e. The summed E-state index contributed by atoms with van der Waals surface area (Å²) in [7, 11) is 0. The molecule has 4 nitrogen and oxygen atoms in total. The van der Waals surface area contributed by atoms with Gasteiger partial charge in [0.05, 0.1) is 5.56 Å². The molecule has 0 aliphatic carbocycles. The van der Waals surface area contributed by atoms with Crippen LogP contribution in [0.5, 0.6) is 11.5 Å². The fraction of sp³-hybridized carbons (Fsp3) is 0.370. The molecule has 1 heterocycles. The van der Waals surface area contributed by atoms with Crippen LogP contribution in [0.4, 0.5) is 5.69 Å². The molecule has 2 aromatic rings. The van der Waals surface area contributed by atoms with Gasteiger partial charge in [0.15, 0.2) is 0 Å². The number of rotatable bonds is 9. The number of hydrogen-bond acceptors (Lipinski definition) is 3. The number of allylic oxidation sites excluding steroid dienone is 3. The molecule has 0 radical (unpaired) electrons. The van der Waals surface area contributed by atoms with Crippen molar-refractivity contribution in [2.24, 2.45) is 17.6 Å². The van der Waals surface area contributed by atoms with Crippen LogP contribution in [0.15, 0.2) is 66.8 Å². The summed E-state index contributed by atoms with van der Waals surface area (Å²) in [4.78, 5) is 14.5. The molecular weight excluding hydrogens is 384 g/mol. The number of nitrogens with zero attached hydrogens (tertiary/aromatic N) is 1. The third kappa shape index (κ3) is 5.78. The molecule has 0 saturated carbocycles. The van der Waals surface area contributed by atoms with Gasteiger partial charge in [0.1, 0.15) is 11.5 Å². The Morgan fingerprint density at radius 2 is 1.90 bits per heavy atom. The minimum atomic E-state index is -0.477. The van der Waals surface area contributed by atoms with Crippen LogP contribution in [0.3, 0.4) is 0 Å². The highest BCUT2D eigenvalue weighted by Crippen LogP contribution is 2.36. The molecule has 2 atom stereocenters. The topological polar surface area (TPSA) is 55.6 Å². The maximum absolute atomic E-state index is 12.2. The van der Waals surface area contributed by atoms with E-state index in [1.165, 1.54) is 5.57 Å². The molecule has 1 saturated heterocycles. The van der Waals surface area contributed by atoms with E-state index in [0.717, 1.165) is 43.6 Å². The summed E-state index contributed by atoms with van der Waals surface area (Å²) in [5, 5.41) is 0. The lowest BCUT2D eigenvalue weighted by Crippen LogP contribution is -2.21. The quantitative estimate of drug-likeness (QED) is 0.489. The first-order valence-electron chi connectivity index (χ1n) is 11.1. The second-order valence-electron chi connectivity index (χ2n) is 8.49. The Hall–Kier alpha value is -3.01. The third-order valence-electron chi connectivity index (χ3n) is 6.18. The van der Waals surface area contributed by atoms with Crippen LogP contribution < -0.4 is 15.4 Å². The van der Waals surface area contributed by atoms with Crippen molar-refractivity contribution in [1.82, 2.24) is 0 Å². The predicted octanol–water partition coefficient (Wildman–Crippen LogP) is 6.26. The number of hydrogen-bond donors (Lipinski definition) is 1. The Morgan fingerprint density at radius 1 is 1.19 bits per heavy atom. The van der Waals surface area contributed by atoms with E-state index in [-0.39, 0.29) is 0 Å². The SMILES string of the molecule is C=C(/C=C/C)CCC1CN(c2ccc(Oc3ccc(C)cc3)c(C(N)=O)c2)CC1CC. The first kappa shape index (κ1) is 22.7. The highest BCUT2D eigenvalue weighted by Gasteiger charge is 2.31. The van der Waals surface area contributed by atoms with E-state index in [0.29, 0.717) is 28.9 Å². The zero-order valence-corrected chi connectivity index (χ0v) is 18.9. The number of anilines is 1. The second kappa shape index (κ2) is 10.3. The standard InChI is InChI=1S/C27H34N2O2/c1-5-7-19(3)8-11-22-18-29(17-21(22)6-2)23-12-15-26(25(16-23)27(28)30)31-24-13-9-20(4)10-14-24/h5,7,9-10,12-16,21-22H,3,6,8,11,17-18H2,1-2,4H3,(H2,28,30)/b7-5+. The molecule has 2 aromatic carbocycles. The largest absolute Gasteiger partial charge is 0.457 e. The number of carbonyl (C=O) groups is 1. The van der Waals surface area contributed by atoms with Crippen LogP contribution in [-0.2, 0) is 0 Å². The summed E-state index contributed by atoms with van der Waals surface area (Å²) >= 11 is 0. The van der Waals surface area contributed by atoms with Crippen molar-refractivity contribution in [3.8, 4) is 11.5 Å². The monoisotopic (exact) mass is 418 g/mol. The van der Waals surface area contributed by atoms with E-state index in [1.54, 1.807) is 0 Å². The van der Waals surface area contributed by atoms with Crippen molar-refractivity contribution < 1.29 is 9.53 Å². The first-order chi connectivity index (χ1) is 14.9. The Morgan fingerprint density at radius 3 is 2.55 bits per heavy atom. The molecule has 4 heteroatoms. The number of benzene rings is 2. The van der Waals surface area contributed by atoms with Crippen molar-refractivity contribution in [1.29, 1.82) is 0 Å². The average Bonchev–Trinajstić information content (AvgIpc) is 3.17. The molecule has 2 unspecified atom stereocenters. The molecule has 1 amide bonds. The summed E-state index contributed by atoms with van der Waals surface area (Å²) in [6.45, 7) is 12.4. The highest BCUT2D eigenvalue weighted by molar-refractivity contribution is 5.96. The molecule has 0 bridgehead atoms. The fourth-order valence-electron chi connectivity index (χ4n) is 4.36. The number of carbonyl (C=O) groups excluding carboxylic acids is 1. The van der Waals surface area contributed by atoms with Gasteiger partial charge in [0.2, 0.25) is 0 Å². The van der Waals surface area contributed by atoms with Gasteiger partial charge in [0.25, 0.3) is 5.91 Å². The minimum Gasteiger partial charge on any atom is -0.457 e. The third-order valence-corrected chi connectivity index (χ3v) is 6.18. The molecule has 1 aliphatic heterocycles. The molecular formula is C27H34N2O2. The Bertz CT molecular complexity index is 946.